The number of rotatable bonds is 2. The second-order valence-corrected chi connectivity index (χ2v) is 4.34. The molecule has 94 valence electrons. The Morgan fingerprint density at radius 3 is 2.68 bits per heavy atom. The van der Waals surface area contributed by atoms with Gasteiger partial charge in [0.15, 0.2) is 0 Å². The molecule has 3 nitrogen and oxygen atoms in total. The normalized spacial score (nSPS) is 10.6. The van der Waals surface area contributed by atoms with E-state index in [0.29, 0.717) is 17.1 Å². The van der Waals surface area contributed by atoms with E-state index in [2.05, 4.69) is 0 Å². The average molecular weight is 252 g/mol. The molecule has 3 rings (SSSR count). The minimum Gasteiger partial charge on any atom is -0.456 e. The lowest BCUT2D eigenvalue weighted by molar-refractivity contribution is 0.474. The van der Waals surface area contributed by atoms with Crippen molar-refractivity contribution in [3.8, 4) is 11.5 Å². The molecule has 3 aromatic rings. The molecule has 0 radical (unpaired) electrons. The maximum Gasteiger partial charge on any atom is 0.339 e. The number of fused-ring (bicyclic) bond motifs is 1. The second kappa shape index (κ2) is 4.61. The molecule has 0 spiro atoms. The van der Waals surface area contributed by atoms with Crippen LogP contribution in [0.2, 0.25) is 0 Å². The SMILES string of the molecule is Cc1cccc(Oc2cc(=O)oc3ccccc23)c1. The van der Waals surface area contributed by atoms with Crippen LogP contribution in [-0.4, -0.2) is 0 Å². The Morgan fingerprint density at radius 2 is 1.84 bits per heavy atom. The lowest BCUT2D eigenvalue weighted by atomic mass is 10.2. The quantitative estimate of drug-likeness (QED) is 0.649. The molecule has 0 amide bonds. The fraction of sp³-hybridized carbons (Fsp3) is 0.0625. The van der Waals surface area contributed by atoms with Gasteiger partial charge in [-0.2, -0.15) is 0 Å². The smallest absolute Gasteiger partial charge is 0.339 e. The van der Waals surface area contributed by atoms with E-state index in [-0.39, 0.29) is 0 Å². The molecular weight excluding hydrogens is 240 g/mol. The van der Waals surface area contributed by atoms with Crippen LogP contribution in [-0.2, 0) is 0 Å². The molecule has 1 heterocycles. The van der Waals surface area contributed by atoms with Crippen molar-refractivity contribution >= 4 is 11.0 Å². The summed E-state index contributed by atoms with van der Waals surface area (Å²) in [5, 5.41) is 0.781. The van der Waals surface area contributed by atoms with Crippen molar-refractivity contribution in [1.29, 1.82) is 0 Å². The minimum absolute atomic E-state index is 0.415. The summed E-state index contributed by atoms with van der Waals surface area (Å²) in [5.74, 6) is 1.22. The van der Waals surface area contributed by atoms with Gasteiger partial charge in [-0.1, -0.05) is 24.3 Å². The zero-order chi connectivity index (χ0) is 13.2. The summed E-state index contributed by atoms with van der Waals surface area (Å²) in [6, 6.07) is 16.4. The van der Waals surface area contributed by atoms with E-state index in [1.54, 1.807) is 6.07 Å². The number of ether oxygens (including phenoxy) is 1. The predicted molar refractivity (Wildman–Crippen MR) is 73.7 cm³/mol. The zero-order valence-corrected chi connectivity index (χ0v) is 10.4. The van der Waals surface area contributed by atoms with Crippen molar-refractivity contribution in [2.45, 2.75) is 6.92 Å². The standard InChI is InChI=1S/C16H12O3/c1-11-5-4-6-12(9-11)18-15-10-16(17)19-14-8-3-2-7-13(14)15/h2-10H,1H3. The Kier molecular flexibility index (Phi) is 2.80. The van der Waals surface area contributed by atoms with Gasteiger partial charge in [-0.05, 0) is 36.8 Å². The molecular formula is C16H12O3. The van der Waals surface area contributed by atoms with Crippen LogP contribution < -0.4 is 10.4 Å². The van der Waals surface area contributed by atoms with Crippen LogP contribution in [0.3, 0.4) is 0 Å². The Hall–Kier alpha value is -2.55. The van der Waals surface area contributed by atoms with E-state index in [1.807, 2.05) is 49.4 Å². The number of hydrogen-bond donors (Lipinski definition) is 0. The number of hydrogen-bond acceptors (Lipinski definition) is 3. The summed E-state index contributed by atoms with van der Waals surface area (Å²) < 4.78 is 10.9. The van der Waals surface area contributed by atoms with Gasteiger partial charge in [0.2, 0.25) is 0 Å². The van der Waals surface area contributed by atoms with E-state index < -0.39 is 5.63 Å². The van der Waals surface area contributed by atoms with E-state index in [9.17, 15) is 4.79 Å². The van der Waals surface area contributed by atoms with Gasteiger partial charge in [-0.25, -0.2) is 4.79 Å². The van der Waals surface area contributed by atoms with E-state index >= 15 is 0 Å². The highest BCUT2D eigenvalue weighted by molar-refractivity contribution is 5.83. The van der Waals surface area contributed by atoms with Crippen molar-refractivity contribution in [3.05, 3.63) is 70.6 Å². The van der Waals surface area contributed by atoms with Crippen molar-refractivity contribution in [3.63, 3.8) is 0 Å². The Morgan fingerprint density at radius 1 is 1.00 bits per heavy atom. The second-order valence-electron chi connectivity index (χ2n) is 4.34. The highest BCUT2D eigenvalue weighted by atomic mass is 16.5. The van der Waals surface area contributed by atoms with Crippen molar-refractivity contribution in [1.82, 2.24) is 0 Å². The predicted octanol–water partition coefficient (Wildman–Crippen LogP) is 3.89. The molecule has 0 saturated heterocycles. The van der Waals surface area contributed by atoms with Gasteiger partial charge in [0, 0.05) is 0 Å². The maximum absolute atomic E-state index is 11.5. The van der Waals surface area contributed by atoms with Crippen molar-refractivity contribution in [2.24, 2.45) is 0 Å². The molecule has 0 bridgehead atoms. The van der Waals surface area contributed by atoms with Gasteiger partial charge in [-0.3, -0.25) is 0 Å². The summed E-state index contributed by atoms with van der Waals surface area (Å²) >= 11 is 0. The first-order chi connectivity index (χ1) is 9.22. The molecule has 0 saturated carbocycles. The molecule has 2 aromatic carbocycles. The van der Waals surface area contributed by atoms with Crippen LogP contribution in [0, 0.1) is 6.92 Å². The van der Waals surface area contributed by atoms with Crippen LogP contribution in [0.1, 0.15) is 5.56 Å². The van der Waals surface area contributed by atoms with Gasteiger partial charge < -0.3 is 9.15 Å². The number of para-hydroxylation sites is 1. The summed E-state index contributed by atoms with van der Waals surface area (Å²) in [6.45, 7) is 1.99. The number of benzene rings is 2. The average Bonchev–Trinajstić information content (AvgIpc) is 2.38. The molecule has 1 aromatic heterocycles. The van der Waals surface area contributed by atoms with Crippen molar-refractivity contribution < 1.29 is 9.15 Å². The lowest BCUT2D eigenvalue weighted by Crippen LogP contribution is -1.98. The molecule has 0 unspecified atom stereocenters. The molecule has 19 heavy (non-hydrogen) atoms. The van der Waals surface area contributed by atoms with Crippen LogP contribution in [0.4, 0.5) is 0 Å². The fourth-order valence-corrected chi connectivity index (χ4v) is 1.97. The highest BCUT2D eigenvalue weighted by Gasteiger charge is 2.07. The summed E-state index contributed by atoms with van der Waals surface area (Å²) in [5.41, 5.74) is 1.21. The first-order valence-corrected chi connectivity index (χ1v) is 6.00. The third kappa shape index (κ3) is 2.36. The Balaban J connectivity index is 2.12. The van der Waals surface area contributed by atoms with Gasteiger partial charge in [0.1, 0.15) is 17.1 Å². The lowest BCUT2D eigenvalue weighted by Gasteiger charge is -2.08. The van der Waals surface area contributed by atoms with Crippen LogP contribution in [0.15, 0.2) is 63.8 Å². The zero-order valence-electron chi connectivity index (χ0n) is 10.4. The van der Waals surface area contributed by atoms with E-state index in [1.165, 1.54) is 6.07 Å². The summed E-state index contributed by atoms with van der Waals surface area (Å²) in [6.07, 6.45) is 0. The summed E-state index contributed by atoms with van der Waals surface area (Å²) in [7, 11) is 0. The molecule has 0 fully saturated rings. The largest absolute Gasteiger partial charge is 0.456 e. The maximum atomic E-state index is 11.5. The minimum atomic E-state index is -0.415. The van der Waals surface area contributed by atoms with Gasteiger partial charge in [-0.15, -0.1) is 0 Å². The first-order valence-electron chi connectivity index (χ1n) is 6.00. The van der Waals surface area contributed by atoms with Gasteiger partial charge in [0.25, 0.3) is 0 Å². The highest BCUT2D eigenvalue weighted by Crippen LogP contribution is 2.28. The molecule has 0 aliphatic rings. The number of aryl methyl sites for hydroxylation is 1. The molecule has 3 heteroatoms. The van der Waals surface area contributed by atoms with Crippen LogP contribution in [0.5, 0.6) is 11.5 Å². The third-order valence-corrected chi connectivity index (χ3v) is 2.83. The first kappa shape index (κ1) is 11.5. The molecule has 0 aliphatic heterocycles. The van der Waals surface area contributed by atoms with Crippen LogP contribution in [0.25, 0.3) is 11.0 Å². The molecule has 0 atom stereocenters. The van der Waals surface area contributed by atoms with Crippen LogP contribution >= 0.6 is 0 Å². The summed E-state index contributed by atoms with van der Waals surface area (Å²) in [4.78, 5) is 11.5. The Labute approximate surface area is 110 Å². The van der Waals surface area contributed by atoms with Crippen molar-refractivity contribution in [2.75, 3.05) is 0 Å². The van der Waals surface area contributed by atoms with E-state index in [0.717, 1.165) is 10.9 Å². The molecule has 0 aliphatic carbocycles. The monoisotopic (exact) mass is 252 g/mol. The van der Waals surface area contributed by atoms with E-state index in [4.69, 9.17) is 9.15 Å². The van der Waals surface area contributed by atoms with Gasteiger partial charge >= 0.3 is 5.63 Å². The Bertz CT molecular complexity index is 787. The third-order valence-electron chi connectivity index (χ3n) is 2.83. The fourth-order valence-electron chi connectivity index (χ4n) is 1.97. The van der Waals surface area contributed by atoms with Gasteiger partial charge in [0.05, 0.1) is 11.5 Å². The molecule has 0 N–H and O–H groups in total. The topological polar surface area (TPSA) is 39.4 Å².